The third-order valence-electron chi connectivity index (χ3n) is 2.81. The Balaban J connectivity index is 1.89. The van der Waals surface area contributed by atoms with E-state index in [0.717, 1.165) is 10.0 Å². The molecule has 20 heavy (non-hydrogen) atoms. The zero-order valence-corrected chi connectivity index (χ0v) is 12.0. The van der Waals surface area contributed by atoms with Crippen LogP contribution in [0.4, 0.5) is 0 Å². The van der Waals surface area contributed by atoms with Crippen LogP contribution in [0.15, 0.2) is 57.6 Å². The van der Waals surface area contributed by atoms with Gasteiger partial charge >= 0.3 is 0 Å². The normalized spacial score (nSPS) is 12.3. The average Bonchev–Trinajstić information content (AvgIpc) is 2.98. The molecule has 0 saturated carbocycles. The average molecular weight is 331 g/mol. The Morgan fingerprint density at radius 1 is 1.05 bits per heavy atom. The van der Waals surface area contributed by atoms with Crippen LogP contribution in [0.25, 0.3) is 11.6 Å². The molecule has 2 heterocycles. The van der Waals surface area contributed by atoms with Gasteiger partial charge in [-0.1, -0.05) is 30.3 Å². The molecule has 2 N–H and O–H groups in total. The third kappa shape index (κ3) is 2.61. The minimum absolute atomic E-state index is 0.360. The Hall–Kier alpha value is -2.05. The number of pyridine rings is 1. The Labute approximate surface area is 124 Å². The third-order valence-corrected chi connectivity index (χ3v) is 3.28. The number of nitrogens with two attached hydrogens (primary N) is 1. The fraction of sp³-hybridized carbons (Fsp3) is 0.0714. The van der Waals surface area contributed by atoms with Gasteiger partial charge in [0.2, 0.25) is 5.89 Å². The molecule has 0 bridgehead atoms. The molecule has 100 valence electrons. The van der Waals surface area contributed by atoms with Crippen LogP contribution in [0.3, 0.4) is 0 Å². The second kappa shape index (κ2) is 5.52. The number of aromatic nitrogens is 3. The van der Waals surface area contributed by atoms with Crippen molar-refractivity contribution in [3.63, 3.8) is 0 Å². The lowest BCUT2D eigenvalue weighted by molar-refractivity contribution is 0.483. The van der Waals surface area contributed by atoms with Crippen molar-refractivity contribution in [2.24, 2.45) is 5.73 Å². The molecule has 0 fully saturated rings. The van der Waals surface area contributed by atoms with E-state index in [4.69, 9.17) is 10.2 Å². The maximum absolute atomic E-state index is 6.11. The van der Waals surface area contributed by atoms with E-state index in [2.05, 4.69) is 31.1 Å². The first-order valence-corrected chi connectivity index (χ1v) is 6.79. The van der Waals surface area contributed by atoms with E-state index in [1.807, 2.05) is 36.4 Å². The van der Waals surface area contributed by atoms with E-state index < -0.39 is 6.04 Å². The molecule has 0 aliphatic rings. The van der Waals surface area contributed by atoms with Crippen molar-refractivity contribution in [1.82, 2.24) is 15.2 Å². The smallest absolute Gasteiger partial charge is 0.266 e. The molecular formula is C14H11BrN4O. The van der Waals surface area contributed by atoms with Crippen molar-refractivity contribution in [2.45, 2.75) is 6.04 Å². The van der Waals surface area contributed by atoms with Gasteiger partial charge < -0.3 is 10.2 Å². The Morgan fingerprint density at radius 3 is 2.55 bits per heavy atom. The van der Waals surface area contributed by atoms with E-state index in [-0.39, 0.29) is 0 Å². The lowest BCUT2D eigenvalue weighted by Crippen LogP contribution is -2.11. The molecule has 2 aromatic heterocycles. The molecular weight excluding hydrogens is 320 g/mol. The second-order valence-corrected chi connectivity index (χ2v) is 5.11. The number of nitrogens with zero attached hydrogens (tertiary/aromatic N) is 3. The maximum Gasteiger partial charge on any atom is 0.266 e. The van der Waals surface area contributed by atoms with Gasteiger partial charge in [-0.25, -0.2) is 4.98 Å². The van der Waals surface area contributed by atoms with Crippen molar-refractivity contribution in [1.29, 1.82) is 0 Å². The zero-order valence-electron chi connectivity index (χ0n) is 10.4. The summed E-state index contributed by atoms with van der Waals surface area (Å²) < 4.78 is 6.49. The Morgan fingerprint density at radius 2 is 1.85 bits per heavy atom. The largest absolute Gasteiger partial charge is 0.417 e. The summed E-state index contributed by atoms with van der Waals surface area (Å²) in [7, 11) is 0. The number of hydrogen-bond acceptors (Lipinski definition) is 5. The van der Waals surface area contributed by atoms with E-state index in [9.17, 15) is 0 Å². The Bertz CT molecular complexity index is 697. The molecule has 0 amide bonds. The zero-order chi connectivity index (χ0) is 13.9. The van der Waals surface area contributed by atoms with Gasteiger partial charge in [0, 0.05) is 10.7 Å². The fourth-order valence-electron chi connectivity index (χ4n) is 1.77. The molecule has 1 aromatic carbocycles. The van der Waals surface area contributed by atoms with Gasteiger partial charge in [-0.2, -0.15) is 0 Å². The minimum atomic E-state index is -0.437. The first-order valence-electron chi connectivity index (χ1n) is 6.00. The fourth-order valence-corrected chi connectivity index (χ4v) is 2.00. The number of rotatable bonds is 3. The molecule has 6 heteroatoms. The van der Waals surface area contributed by atoms with Gasteiger partial charge in [0.15, 0.2) is 0 Å². The predicted molar refractivity (Wildman–Crippen MR) is 77.7 cm³/mol. The van der Waals surface area contributed by atoms with Gasteiger partial charge in [-0.05, 0) is 33.6 Å². The predicted octanol–water partition coefficient (Wildman–Crippen LogP) is 2.94. The van der Waals surface area contributed by atoms with Crippen molar-refractivity contribution < 1.29 is 4.42 Å². The number of benzene rings is 1. The van der Waals surface area contributed by atoms with E-state index in [0.29, 0.717) is 17.5 Å². The molecule has 0 spiro atoms. The van der Waals surface area contributed by atoms with Gasteiger partial charge in [-0.15, -0.1) is 10.2 Å². The van der Waals surface area contributed by atoms with Crippen LogP contribution in [-0.2, 0) is 0 Å². The minimum Gasteiger partial charge on any atom is -0.417 e. The summed E-state index contributed by atoms with van der Waals surface area (Å²) in [6, 6.07) is 12.8. The molecule has 5 nitrogen and oxygen atoms in total. The van der Waals surface area contributed by atoms with Gasteiger partial charge in [-0.3, -0.25) is 0 Å². The highest BCUT2D eigenvalue weighted by atomic mass is 79.9. The molecule has 0 saturated heterocycles. The van der Waals surface area contributed by atoms with Crippen LogP contribution in [0.5, 0.6) is 0 Å². The van der Waals surface area contributed by atoms with Crippen LogP contribution in [0, 0.1) is 0 Å². The van der Waals surface area contributed by atoms with Gasteiger partial charge in [0.25, 0.3) is 5.89 Å². The van der Waals surface area contributed by atoms with E-state index >= 15 is 0 Å². The quantitative estimate of drug-likeness (QED) is 0.798. The molecule has 3 rings (SSSR count). The van der Waals surface area contributed by atoms with Gasteiger partial charge in [0.05, 0.1) is 0 Å². The SMILES string of the molecule is NC(c1ccccc1)c1nnc(-c2ccc(Br)cn2)o1. The number of hydrogen-bond donors (Lipinski definition) is 1. The van der Waals surface area contributed by atoms with Crippen LogP contribution in [-0.4, -0.2) is 15.2 Å². The Kier molecular flexibility index (Phi) is 3.58. The highest BCUT2D eigenvalue weighted by Crippen LogP contribution is 2.22. The lowest BCUT2D eigenvalue weighted by atomic mass is 10.1. The summed E-state index contributed by atoms with van der Waals surface area (Å²) in [4.78, 5) is 4.21. The summed E-state index contributed by atoms with van der Waals surface area (Å²) in [5, 5.41) is 7.99. The molecule has 0 radical (unpaired) electrons. The molecule has 1 unspecified atom stereocenters. The monoisotopic (exact) mass is 330 g/mol. The summed E-state index contributed by atoms with van der Waals surface area (Å²) in [5.41, 5.74) is 7.65. The second-order valence-electron chi connectivity index (χ2n) is 4.20. The summed E-state index contributed by atoms with van der Waals surface area (Å²) >= 11 is 3.33. The first-order chi connectivity index (χ1) is 9.74. The topological polar surface area (TPSA) is 77.8 Å². The van der Waals surface area contributed by atoms with Crippen LogP contribution < -0.4 is 5.73 Å². The summed E-state index contributed by atoms with van der Waals surface area (Å²) in [6.07, 6.45) is 1.68. The van der Waals surface area contributed by atoms with E-state index in [1.165, 1.54) is 0 Å². The highest BCUT2D eigenvalue weighted by molar-refractivity contribution is 9.10. The molecule has 0 aliphatic heterocycles. The summed E-state index contributed by atoms with van der Waals surface area (Å²) in [6.45, 7) is 0. The standard InChI is InChI=1S/C14H11BrN4O/c15-10-6-7-11(17-8-10)13-18-19-14(20-13)12(16)9-4-2-1-3-5-9/h1-8,12H,16H2. The van der Waals surface area contributed by atoms with E-state index in [1.54, 1.807) is 12.3 Å². The van der Waals surface area contributed by atoms with Crippen molar-refractivity contribution in [3.05, 3.63) is 64.6 Å². The maximum atomic E-state index is 6.11. The van der Waals surface area contributed by atoms with Crippen molar-refractivity contribution in [3.8, 4) is 11.6 Å². The van der Waals surface area contributed by atoms with Crippen LogP contribution in [0.2, 0.25) is 0 Å². The van der Waals surface area contributed by atoms with Crippen molar-refractivity contribution >= 4 is 15.9 Å². The van der Waals surface area contributed by atoms with Crippen LogP contribution >= 0.6 is 15.9 Å². The highest BCUT2D eigenvalue weighted by Gasteiger charge is 2.17. The lowest BCUT2D eigenvalue weighted by Gasteiger charge is -2.06. The van der Waals surface area contributed by atoms with Gasteiger partial charge in [0.1, 0.15) is 11.7 Å². The van der Waals surface area contributed by atoms with Crippen molar-refractivity contribution in [2.75, 3.05) is 0 Å². The summed E-state index contributed by atoms with van der Waals surface area (Å²) in [5.74, 6) is 0.731. The first kappa shape index (κ1) is 13.0. The van der Waals surface area contributed by atoms with Crippen LogP contribution in [0.1, 0.15) is 17.5 Å². The molecule has 1 atom stereocenters. The molecule has 0 aliphatic carbocycles. The molecule has 3 aromatic rings. The number of halogens is 1.